The second-order valence-electron chi connectivity index (χ2n) is 16.6. The molecule has 0 saturated heterocycles. The molecule has 0 aliphatic carbocycles. The lowest BCUT2D eigenvalue weighted by molar-refractivity contribution is -0.180. The maximum atomic E-state index is 14.0. The number of aliphatic imine (C=N–C) groups is 2. The van der Waals surface area contributed by atoms with Gasteiger partial charge in [-0.2, -0.15) is 17.2 Å². The highest BCUT2D eigenvalue weighted by Crippen LogP contribution is 2.32. The zero-order valence-corrected chi connectivity index (χ0v) is 45.9. The molecule has 1 aliphatic heterocycles. The standard InChI is InChI=1S/C51H74F4N6O18S/c1-3-11-61(78-4-2)51(64)39-32-40(41(34-56)60-42(57)33-39)58-35-37-5-7-38(8-6-37)36-59-43(62)9-12-68-14-16-70-18-20-72-22-24-74-26-28-76-30-31-77-29-27-75-25-23-73-21-19-71-17-15-69-13-10-44(63)79-49-45(52)47(54)50(80(65,66)67)48(55)46(49)53/h5-8,32,34H,3-4,9-31,33,35-36,56H2,1-2H3,(H2,57,60)(H,59,62)(H,65,66,67). The van der Waals surface area contributed by atoms with Crippen molar-refractivity contribution < 1.29 is 102 Å². The lowest BCUT2D eigenvalue weighted by atomic mass is 10.1. The van der Waals surface area contributed by atoms with Gasteiger partial charge in [-0.3, -0.25) is 28.8 Å². The topological polar surface area (TPSA) is 308 Å². The van der Waals surface area contributed by atoms with E-state index in [0.717, 1.165) is 17.5 Å². The van der Waals surface area contributed by atoms with Crippen LogP contribution >= 0.6 is 0 Å². The molecule has 0 fully saturated rings. The van der Waals surface area contributed by atoms with Crippen molar-refractivity contribution in [3.8, 4) is 5.75 Å². The molecule has 450 valence electrons. The van der Waals surface area contributed by atoms with E-state index in [0.29, 0.717) is 136 Å². The zero-order valence-electron chi connectivity index (χ0n) is 45.1. The number of amides is 2. The fourth-order valence-electron chi connectivity index (χ4n) is 6.57. The average Bonchev–Trinajstić information content (AvgIpc) is 3.60. The highest BCUT2D eigenvalue weighted by molar-refractivity contribution is 7.85. The Bertz CT molecular complexity index is 2390. The number of carbonyl (C=O) groups excluding carboxylic acids is 3. The van der Waals surface area contributed by atoms with Gasteiger partial charge < -0.3 is 68.9 Å². The Morgan fingerprint density at radius 1 is 0.675 bits per heavy atom. The summed E-state index contributed by atoms with van der Waals surface area (Å²) in [7, 11) is -5.65. The number of nitrogens with two attached hydrogens (primary N) is 2. The number of nitrogens with one attached hydrogen (secondary N) is 1. The molecular formula is C51H74F4N6O18S. The third kappa shape index (κ3) is 27.8. The molecule has 3 rings (SSSR count). The van der Waals surface area contributed by atoms with Gasteiger partial charge in [-0.05, 0) is 30.5 Å². The van der Waals surface area contributed by atoms with E-state index >= 15 is 0 Å². The quantitative estimate of drug-likeness (QED) is 0.0141. The molecular weight excluding hydrogens is 1090 g/mol. The van der Waals surface area contributed by atoms with Crippen LogP contribution < -0.4 is 21.5 Å². The van der Waals surface area contributed by atoms with E-state index in [9.17, 15) is 40.4 Å². The van der Waals surface area contributed by atoms with Crippen LogP contribution in [0.3, 0.4) is 0 Å². The number of hydrogen-bond donors (Lipinski definition) is 4. The minimum atomic E-state index is -5.65. The highest BCUT2D eigenvalue weighted by atomic mass is 32.2. The lowest BCUT2D eigenvalue weighted by Gasteiger charge is -2.21. The Morgan fingerprint density at radius 3 is 1.51 bits per heavy atom. The van der Waals surface area contributed by atoms with Gasteiger partial charge in [0.2, 0.25) is 23.3 Å². The summed E-state index contributed by atoms with van der Waals surface area (Å²) < 4.78 is 145. The van der Waals surface area contributed by atoms with Crippen molar-refractivity contribution >= 4 is 39.4 Å². The van der Waals surface area contributed by atoms with E-state index < -0.39 is 56.4 Å². The van der Waals surface area contributed by atoms with Crippen molar-refractivity contribution in [2.75, 3.05) is 145 Å². The van der Waals surface area contributed by atoms with Gasteiger partial charge >= 0.3 is 16.1 Å². The van der Waals surface area contributed by atoms with Crippen LogP contribution in [-0.4, -0.2) is 193 Å². The van der Waals surface area contributed by atoms with Crippen molar-refractivity contribution in [1.29, 1.82) is 0 Å². The molecule has 1 heterocycles. The van der Waals surface area contributed by atoms with Gasteiger partial charge in [0.25, 0.3) is 5.91 Å². The van der Waals surface area contributed by atoms with Crippen molar-refractivity contribution in [1.82, 2.24) is 10.4 Å². The predicted octanol–water partition coefficient (Wildman–Crippen LogP) is 3.28. The number of carbonyl (C=O) groups is 3. The van der Waals surface area contributed by atoms with E-state index in [1.54, 1.807) is 6.08 Å². The number of hydroxylamine groups is 2. The highest BCUT2D eigenvalue weighted by Gasteiger charge is 2.34. The van der Waals surface area contributed by atoms with Crippen molar-refractivity contribution in [3.63, 3.8) is 0 Å². The largest absolute Gasteiger partial charge is 0.420 e. The number of benzene rings is 2. The molecule has 2 amide bonds. The van der Waals surface area contributed by atoms with Gasteiger partial charge in [-0.15, -0.1) is 0 Å². The van der Waals surface area contributed by atoms with Crippen LogP contribution in [0.2, 0.25) is 0 Å². The van der Waals surface area contributed by atoms with Crippen LogP contribution in [0.1, 0.15) is 50.7 Å². The molecule has 0 spiro atoms. The molecule has 2 aromatic rings. The molecule has 0 saturated carbocycles. The number of esters is 1. The van der Waals surface area contributed by atoms with Crippen LogP contribution in [0.5, 0.6) is 5.75 Å². The number of halogens is 4. The van der Waals surface area contributed by atoms with Crippen molar-refractivity contribution in [2.45, 2.75) is 57.5 Å². The molecule has 1 aliphatic rings. The smallest absolute Gasteiger partial charge is 0.313 e. The number of allylic oxidation sites excluding steroid dienone is 1. The van der Waals surface area contributed by atoms with Gasteiger partial charge in [0.15, 0.2) is 16.5 Å². The van der Waals surface area contributed by atoms with Gasteiger partial charge in [0, 0.05) is 37.7 Å². The Balaban J connectivity index is 1.04. The van der Waals surface area contributed by atoms with E-state index in [4.69, 9.17) is 73.2 Å². The molecule has 80 heavy (non-hydrogen) atoms. The summed E-state index contributed by atoms with van der Waals surface area (Å²) >= 11 is 0. The Hall–Kier alpha value is -5.54. The van der Waals surface area contributed by atoms with Gasteiger partial charge in [0.05, 0.1) is 157 Å². The van der Waals surface area contributed by atoms with Crippen LogP contribution in [0, 0.1) is 23.3 Å². The number of amidine groups is 1. The summed E-state index contributed by atoms with van der Waals surface area (Å²) in [5, 5.41) is 4.22. The van der Waals surface area contributed by atoms with Crippen molar-refractivity contribution in [2.24, 2.45) is 21.5 Å². The molecule has 6 N–H and O–H groups in total. The summed E-state index contributed by atoms with van der Waals surface area (Å²) in [6.07, 6.45) is 3.44. The van der Waals surface area contributed by atoms with Gasteiger partial charge in [-0.1, -0.05) is 31.2 Å². The molecule has 0 radical (unpaired) electrons. The first-order valence-corrected chi connectivity index (χ1v) is 27.2. The Kier molecular flexibility index (Phi) is 34.9. The first kappa shape index (κ1) is 68.7. The summed E-state index contributed by atoms with van der Waals surface area (Å²) in [6.45, 7) is 11.0. The van der Waals surface area contributed by atoms with Crippen LogP contribution in [0.15, 0.2) is 62.7 Å². The predicted molar refractivity (Wildman–Crippen MR) is 279 cm³/mol. The Labute approximate surface area is 462 Å². The minimum Gasteiger partial charge on any atom is -0.420 e. The van der Waals surface area contributed by atoms with Gasteiger partial charge in [0.1, 0.15) is 11.5 Å². The maximum absolute atomic E-state index is 14.0. The lowest BCUT2D eigenvalue weighted by Crippen LogP contribution is -2.34. The summed E-state index contributed by atoms with van der Waals surface area (Å²) in [5.74, 6) is -12.9. The number of hydrogen-bond acceptors (Lipinski definition) is 21. The third-order valence-corrected chi connectivity index (χ3v) is 11.3. The fraction of sp³-hybridized carbons (Fsp3) is 0.588. The number of rotatable bonds is 44. The van der Waals surface area contributed by atoms with E-state index in [-0.39, 0.29) is 70.1 Å². The molecule has 0 aromatic heterocycles. The molecule has 0 bridgehead atoms. The monoisotopic (exact) mass is 1170 g/mol. The molecule has 0 atom stereocenters. The Morgan fingerprint density at radius 2 is 1.10 bits per heavy atom. The maximum Gasteiger partial charge on any atom is 0.313 e. The molecule has 29 heteroatoms. The molecule has 24 nitrogen and oxygen atoms in total. The fourth-order valence-corrected chi connectivity index (χ4v) is 7.20. The first-order valence-electron chi connectivity index (χ1n) is 25.7. The first-order chi connectivity index (χ1) is 38.6. The van der Waals surface area contributed by atoms with Crippen LogP contribution in [0.25, 0.3) is 0 Å². The van der Waals surface area contributed by atoms with Crippen molar-refractivity contribution in [3.05, 3.63) is 82.2 Å². The summed E-state index contributed by atoms with van der Waals surface area (Å²) in [6, 6.07) is 7.64. The second-order valence-corrected chi connectivity index (χ2v) is 18.0. The van der Waals surface area contributed by atoms with E-state index in [1.165, 1.54) is 11.3 Å². The summed E-state index contributed by atoms with van der Waals surface area (Å²) in [5.41, 5.74) is 15.0. The van der Waals surface area contributed by atoms with Gasteiger partial charge in [-0.25, -0.2) is 18.8 Å². The summed E-state index contributed by atoms with van der Waals surface area (Å²) in [4.78, 5) is 49.8. The van der Waals surface area contributed by atoms with Crippen LogP contribution in [0.4, 0.5) is 17.6 Å². The second kappa shape index (κ2) is 40.6. The van der Waals surface area contributed by atoms with E-state index in [2.05, 4.69) is 15.0 Å². The molecule has 0 unspecified atom stereocenters. The number of nitrogens with zero attached hydrogens (tertiary/aromatic N) is 3. The SMILES string of the molecule is CCCN(OCC)C(=O)C1=CC(=NCc2ccc(CNC(=O)CCOCCOCCOCCOCCOCCOCCOCCOCCOCCOCCC(=O)Oc3c(F)c(F)c(S(=O)(=O)O)c(F)c3F)cc2)C(=CN)N=C(N)C1. The zero-order chi connectivity index (χ0) is 58.4. The normalized spacial score (nSPS) is 13.8. The average molecular weight is 1170 g/mol. The molecule has 2 aromatic carbocycles. The van der Waals surface area contributed by atoms with E-state index in [1.807, 2.05) is 38.1 Å². The third-order valence-electron chi connectivity index (χ3n) is 10.5. The minimum absolute atomic E-state index is 0.0157. The van der Waals surface area contributed by atoms with Crippen LogP contribution in [-0.2, 0) is 89.8 Å². The number of ether oxygens (including phenoxy) is 11.